The molecule has 3 fully saturated rings. The van der Waals surface area contributed by atoms with Gasteiger partial charge in [0.15, 0.2) is 0 Å². The van der Waals surface area contributed by atoms with Gasteiger partial charge >= 0.3 is 12.1 Å². The first-order chi connectivity index (χ1) is 18.5. The maximum absolute atomic E-state index is 12.6. The Morgan fingerprint density at radius 2 is 1.72 bits per heavy atom. The molecule has 9 heteroatoms. The van der Waals surface area contributed by atoms with Crippen molar-refractivity contribution in [3.63, 3.8) is 0 Å². The van der Waals surface area contributed by atoms with Crippen molar-refractivity contribution in [1.82, 2.24) is 19.7 Å². The number of ether oxygens (including phenoxy) is 1. The quantitative estimate of drug-likeness (QED) is 0.608. The standard InChI is InChI=1S/C30H43N5O4/c1-20-26(23-7-6-8-24(27(23)32(20)5)35-18-13-25(36)31-28(35)37)22-11-14-33(15-12-22)19-21-9-16-34(17-10-21)29(38)39-30(2,3)4/h6-8,21-22H,9-19H2,1-5H3,(H,31,36,37). The van der Waals surface area contributed by atoms with Gasteiger partial charge in [-0.25, -0.2) is 9.59 Å². The van der Waals surface area contributed by atoms with Crippen molar-refractivity contribution >= 4 is 34.6 Å². The summed E-state index contributed by atoms with van der Waals surface area (Å²) in [7, 11) is 2.08. The van der Waals surface area contributed by atoms with Crippen molar-refractivity contribution in [2.75, 3.05) is 44.2 Å². The Labute approximate surface area is 231 Å². The van der Waals surface area contributed by atoms with Crippen molar-refractivity contribution in [3.05, 3.63) is 29.5 Å². The minimum absolute atomic E-state index is 0.190. The van der Waals surface area contributed by atoms with E-state index in [-0.39, 0.29) is 18.0 Å². The fourth-order valence-electron chi connectivity index (χ4n) is 6.57. The van der Waals surface area contributed by atoms with Gasteiger partial charge in [-0.15, -0.1) is 0 Å². The number of nitrogens with zero attached hydrogens (tertiary/aromatic N) is 4. The first-order valence-corrected chi connectivity index (χ1v) is 14.4. The third-order valence-corrected chi connectivity index (χ3v) is 8.66. The fourth-order valence-corrected chi connectivity index (χ4v) is 6.57. The highest BCUT2D eigenvalue weighted by molar-refractivity contribution is 6.10. The highest BCUT2D eigenvalue weighted by Crippen LogP contribution is 2.40. The molecule has 0 radical (unpaired) electrons. The van der Waals surface area contributed by atoms with Crippen LogP contribution in [-0.2, 0) is 16.6 Å². The van der Waals surface area contributed by atoms with Crippen LogP contribution in [0.3, 0.4) is 0 Å². The molecule has 1 aromatic carbocycles. The number of hydrogen-bond donors (Lipinski definition) is 1. The van der Waals surface area contributed by atoms with E-state index in [0.717, 1.165) is 69.6 Å². The summed E-state index contributed by atoms with van der Waals surface area (Å²) in [5.74, 6) is 0.878. The molecule has 3 saturated heterocycles. The number of urea groups is 1. The zero-order valence-corrected chi connectivity index (χ0v) is 24.1. The van der Waals surface area contributed by atoms with Crippen molar-refractivity contribution in [2.45, 2.75) is 71.3 Å². The number of nitrogens with one attached hydrogen (secondary N) is 1. The number of piperidine rings is 2. The molecule has 2 aromatic rings. The lowest BCUT2D eigenvalue weighted by molar-refractivity contribution is -0.120. The molecule has 3 aliphatic rings. The second-order valence-electron chi connectivity index (χ2n) is 12.5. The summed E-state index contributed by atoms with van der Waals surface area (Å²) in [6, 6.07) is 5.85. The number of hydrogen-bond acceptors (Lipinski definition) is 5. The van der Waals surface area contributed by atoms with Crippen LogP contribution in [0.1, 0.15) is 70.1 Å². The second kappa shape index (κ2) is 10.8. The van der Waals surface area contributed by atoms with Gasteiger partial charge < -0.3 is 19.1 Å². The predicted molar refractivity (Wildman–Crippen MR) is 152 cm³/mol. The minimum atomic E-state index is -0.453. The number of aryl methyl sites for hydroxylation is 1. The number of imide groups is 1. The average molecular weight is 538 g/mol. The molecule has 1 aromatic heterocycles. The number of carbonyl (C=O) groups excluding carboxylic acids is 3. The van der Waals surface area contributed by atoms with E-state index in [4.69, 9.17) is 4.74 Å². The first kappa shape index (κ1) is 27.5. The molecular weight excluding hydrogens is 494 g/mol. The molecule has 0 spiro atoms. The molecule has 0 unspecified atom stereocenters. The van der Waals surface area contributed by atoms with Crippen LogP contribution in [0.15, 0.2) is 18.2 Å². The van der Waals surface area contributed by atoms with Gasteiger partial charge in [0.1, 0.15) is 5.60 Å². The monoisotopic (exact) mass is 537 g/mol. The van der Waals surface area contributed by atoms with Crippen molar-refractivity contribution in [3.8, 4) is 0 Å². The van der Waals surface area contributed by atoms with Gasteiger partial charge in [0.25, 0.3) is 0 Å². The molecule has 0 saturated carbocycles. The van der Waals surface area contributed by atoms with E-state index in [1.54, 1.807) is 4.90 Å². The summed E-state index contributed by atoms with van der Waals surface area (Å²) in [5.41, 5.74) is 4.12. The van der Waals surface area contributed by atoms with Crippen LogP contribution in [0.5, 0.6) is 0 Å². The van der Waals surface area contributed by atoms with Gasteiger partial charge in [-0.2, -0.15) is 0 Å². The smallest absolute Gasteiger partial charge is 0.410 e. The molecule has 9 nitrogen and oxygen atoms in total. The van der Waals surface area contributed by atoms with Crippen molar-refractivity contribution in [2.24, 2.45) is 13.0 Å². The van der Waals surface area contributed by atoms with Crippen LogP contribution in [0, 0.1) is 12.8 Å². The lowest BCUT2D eigenvalue weighted by Gasteiger charge is -2.38. The Morgan fingerprint density at radius 3 is 2.36 bits per heavy atom. The zero-order chi connectivity index (χ0) is 27.9. The first-order valence-electron chi connectivity index (χ1n) is 14.4. The minimum Gasteiger partial charge on any atom is -0.444 e. The molecule has 5 rings (SSSR count). The predicted octanol–water partition coefficient (Wildman–Crippen LogP) is 4.76. The van der Waals surface area contributed by atoms with Gasteiger partial charge in [0, 0.05) is 50.7 Å². The molecule has 0 aliphatic carbocycles. The molecule has 4 amide bonds. The maximum Gasteiger partial charge on any atom is 0.410 e. The summed E-state index contributed by atoms with van der Waals surface area (Å²) in [6.45, 7) is 13.1. The lowest BCUT2D eigenvalue weighted by atomic mass is 9.86. The Morgan fingerprint density at radius 1 is 1.03 bits per heavy atom. The zero-order valence-electron chi connectivity index (χ0n) is 24.1. The number of carbonyl (C=O) groups is 3. The topological polar surface area (TPSA) is 87.1 Å². The highest BCUT2D eigenvalue weighted by Gasteiger charge is 2.32. The van der Waals surface area contributed by atoms with Crippen LogP contribution in [0.2, 0.25) is 0 Å². The van der Waals surface area contributed by atoms with E-state index < -0.39 is 5.60 Å². The van der Waals surface area contributed by atoms with Gasteiger partial charge in [0.2, 0.25) is 5.91 Å². The maximum atomic E-state index is 12.6. The van der Waals surface area contributed by atoms with E-state index in [1.165, 1.54) is 16.6 Å². The Bertz CT molecular complexity index is 1250. The Balaban J connectivity index is 1.21. The van der Waals surface area contributed by atoms with Crippen LogP contribution in [0.25, 0.3) is 10.9 Å². The van der Waals surface area contributed by atoms with Crippen molar-refractivity contribution < 1.29 is 19.1 Å². The highest BCUT2D eigenvalue weighted by atomic mass is 16.6. The SMILES string of the molecule is Cc1c(C2CCN(CC3CCN(C(=O)OC(C)(C)C)CC3)CC2)c2cccc(N3CCC(=O)NC3=O)c2n1C. The van der Waals surface area contributed by atoms with Crippen LogP contribution < -0.4 is 10.2 Å². The number of para-hydroxylation sites is 1. The number of amides is 4. The lowest BCUT2D eigenvalue weighted by Crippen LogP contribution is -2.49. The Hall–Kier alpha value is -3.07. The summed E-state index contributed by atoms with van der Waals surface area (Å²) >= 11 is 0. The third-order valence-electron chi connectivity index (χ3n) is 8.66. The molecule has 4 heterocycles. The average Bonchev–Trinajstić information content (AvgIpc) is 3.14. The molecular formula is C30H43N5O4. The van der Waals surface area contributed by atoms with E-state index in [2.05, 4.69) is 34.8 Å². The number of rotatable bonds is 4. The summed E-state index contributed by atoms with van der Waals surface area (Å²) in [6.07, 6.45) is 4.40. The van der Waals surface area contributed by atoms with E-state index >= 15 is 0 Å². The van der Waals surface area contributed by atoms with Gasteiger partial charge in [-0.1, -0.05) is 12.1 Å². The third kappa shape index (κ3) is 5.78. The Kier molecular flexibility index (Phi) is 7.64. The number of aromatic nitrogens is 1. The number of likely N-dealkylation sites (tertiary alicyclic amines) is 2. The van der Waals surface area contributed by atoms with Crippen LogP contribution in [0.4, 0.5) is 15.3 Å². The molecule has 39 heavy (non-hydrogen) atoms. The normalized spacial score (nSPS) is 20.5. The molecule has 0 atom stereocenters. The van der Waals surface area contributed by atoms with E-state index in [9.17, 15) is 14.4 Å². The fraction of sp³-hybridized carbons (Fsp3) is 0.633. The molecule has 1 N–H and O–H groups in total. The second-order valence-corrected chi connectivity index (χ2v) is 12.5. The summed E-state index contributed by atoms with van der Waals surface area (Å²) < 4.78 is 7.77. The number of fused-ring (bicyclic) bond motifs is 1. The van der Waals surface area contributed by atoms with Gasteiger partial charge in [-0.3, -0.25) is 15.0 Å². The molecule has 3 aliphatic heterocycles. The summed E-state index contributed by atoms with van der Waals surface area (Å²) in [5, 5.41) is 3.67. The number of anilines is 1. The molecule has 0 bridgehead atoms. The van der Waals surface area contributed by atoms with Gasteiger partial charge in [-0.05, 0) is 89.9 Å². The number of benzene rings is 1. The summed E-state index contributed by atoms with van der Waals surface area (Å²) in [4.78, 5) is 42.9. The van der Waals surface area contributed by atoms with E-state index in [1.807, 2.05) is 37.8 Å². The van der Waals surface area contributed by atoms with Crippen LogP contribution in [-0.4, -0.2) is 77.3 Å². The molecule has 212 valence electrons. The van der Waals surface area contributed by atoms with Crippen molar-refractivity contribution in [1.29, 1.82) is 0 Å². The van der Waals surface area contributed by atoms with E-state index in [0.29, 0.717) is 24.8 Å². The van der Waals surface area contributed by atoms with Crippen LogP contribution >= 0.6 is 0 Å². The largest absolute Gasteiger partial charge is 0.444 e. The van der Waals surface area contributed by atoms with Gasteiger partial charge in [0.05, 0.1) is 11.2 Å².